The third-order valence-corrected chi connectivity index (χ3v) is 5.49. The fraction of sp³-hybridized carbons (Fsp3) is 0.304. The number of urea groups is 1. The molecule has 12 heteroatoms. The predicted molar refractivity (Wildman–Crippen MR) is 124 cm³/mol. The second kappa shape index (κ2) is 9.65. The van der Waals surface area contributed by atoms with Crippen molar-refractivity contribution in [2.75, 3.05) is 35.8 Å². The summed E-state index contributed by atoms with van der Waals surface area (Å²) in [5.41, 5.74) is 1.51. The van der Waals surface area contributed by atoms with Crippen LogP contribution in [-0.4, -0.2) is 54.1 Å². The van der Waals surface area contributed by atoms with Gasteiger partial charge in [-0.3, -0.25) is 10.2 Å². The zero-order valence-corrected chi connectivity index (χ0v) is 19.2. The molecule has 35 heavy (non-hydrogen) atoms. The zero-order chi connectivity index (χ0) is 25.2. The number of rotatable bonds is 4. The van der Waals surface area contributed by atoms with Crippen LogP contribution in [0.1, 0.15) is 13.3 Å². The van der Waals surface area contributed by atoms with Crippen LogP contribution < -0.4 is 24.6 Å². The van der Waals surface area contributed by atoms with Gasteiger partial charge < -0.3 is 14.4 Å². The molecule has 0 aliphatic carbocycles. The Balaban J connectivity index is 1.72. The molecule has 0 unspecified atom stereocenters. The van der Waals surface area contributed by atoms with Crippen LogP contribution in [-0.2, 0) is 0 Å². The van der Waals surface area contributed by atoms with E-state index in [1.165, 1.54) is 42.6 Å². The standard InChI is InChI=1S/C23H23F3N6O3/c1-14-9-10-31(2)18-8-7-17(15-5-4-6-16(11-15)35-23(24,25)26)29-21(18)32(14)22(33)30-19-12-20(34-3)28-13-27-19/h4-8,11-14H,9-10H2,1-3H3,(H,27,28,30,33)/t14-/m1/s1. The molecule has 0 bridgehead atoms. The minimum atomic E-state index is -4.81. The summed E-state index contributed by atoms with van der Waals surface area (Å²) in [6.45, 7) is 2.57. The topological polar surface area (TPSA) is 92.7 Å². The number of pyridine rings is 1. The van der Waals surface area contributed by atoms with Crippen molar-refractivity contribution < 1.29 is 27.4 Å². The molecule has 3 heterocycles. The van der Waals surface area contributed by atoms with Gasteiger partial charge in [-0.25, -0.2) is 19.7 Å². The van der Waals surface area contributed by atoms with Gasteiger partial charge in [0, 0.05) is 31.3 Å². The zero-order valence-electron chi connectivity index (χ0n) is 19.2. The fourth-order valence-electron chi connectivity index (χ4n) is 3.75. The van der Waals surface area contributed by atoms with E-state index < -0.39 is 12.4 Å². The SMILES string of the molecule is COc1cc(NC(=O)N2c3nc(-c4cccc(OC(F)(F)F)c4)ccc3N(C)CC[C@H]2C)ncn1. The number of carbonyl (C=O) groups excluding carboxylic acids is 1. The van der Waals surface area contributed by atoms with Crippen molar-refractivity contribution in [3.05, 3.63) is 48.8 Å². The van der Waals surface area contributed by atoms with Crippen molar-refractivity contribution in [2.24, 2.45) is 0 Å². The lowest BCUT2D eigenvalue weighted by Gasteiger charge is -2.28. The van der Waals surface area contributed by atoms with E-state index in [4.69, 9.17) is 4.74 Å². The Labute approximate surface area is 199 Å². The molecule has 1 N–H and O–H groups in total. The monoisotopic (exact) mass is 488 g/mol. The van der Waals surface area contributed by atoms with E-state index in [9.17, 15) is 18.0 Å². The van der Waals surface area contributed by atoms with E-state index in [-0.39, 0.29) is 17.6 Å². The molecule has 0 radical (unpaired) electrons. The molecule has 1 aliphatic heterocycles. The number of benzene rings is 1. The summed E-state index contributed by atoms with van der Waals surface area (Å²) in [7, 11) is 3.35. The molecule has 0 fully saturated rings. The third-order valence-electron chi connectivity index (χ3n) is 5.49. The summed E-state index contributed by atoms with van der Waals surface area (Å²) >= 11 is 0. The molecular weight excluding hydrogens is 465 g/mol. The normalized spacial score (nSPS) is 15.8. The second-order valence-electron chi connectivity index (χ2n) is 7.92. The number of nitrogens with zero attached hydrogens (tertiary/aromatic N) is 5. The van der Waals surface area contributed by atoms with Crippen LogP contribution in [0.4, 0.5) is 35.3 Å². The first kappa shape index (κ1) is 24.0. The first-order valence-electron chi connectivity index (χ1n) is 10.7. The maximum atomic E-state index is 13.4. The van der Waals surface area contributed by atoms with Gasteiger partial charge in [-0.1, -0.05) is 12.1 Å². The van der Waals surface area contributed by atoms with Gasteiger partial charge in [0.1, 0.15) is 17.9 Å². The Kier molecular flexibility index (Phi) is 6.63. The van der Waals surface area contributed by atoms with E-state index in [0.717, 1.165) is 0 Å². The van der Waals surface area contributed by atoms with Crippen LogP contribution in [0.3, 0.4) is 0 Å². The van der Waals surface area contributed by atoms with Crippen LogP contribution in [0.25, 0.3) is 11.3 Å². The number of alkyl halides is 3. The van der Waals surface area contributed by atoms with E-state index in [2.05, 4.69) is 25.0 Å². The summed E-state index contributed by atoms with van der Waals surface area (Å²) in [6.07, 6.45) is -2.87. The Morgan fingerprint density at radius 1 is 1.17 bits per heavy atom. The van der Waals surface area contributed by atoms with Crippen molar-refractivity contribution in [3.8, 4) is 22.9 Å². The van der Waals surface area contributed by atoms with Gasteiger partial charge in [0.25, 0.3) is 0 Å². The Bertz CT molecular complexity index is 1220. The Morgan fingerprint density at radius 2 is 1.97 bits per heavy atom. The highest BCUT2D eigenvalue weighted by molar-refractivity contribution is 6.03. The van der Waals surface area contributed by atoms with E-state index >= 15 is 0 Å². The first-order chi connectivity index (χ1) is 16.6. The molecular formula is C23H23F3N6O3. The Hall–Kier alpha value is -4.09. The number of halogens is 3. The van der Waals surface area contributed by atoms with E-state index in [0.29, 0.717) is 41.6 Å². The van der Waals surface area contributed by atoms with Crippen molar-refractivity contribution in [2.45, 2.75) is 25.7 Å². The number of fused-ring (bicyclic) bond motifs is 1. The van der Waals surface area contributed by atoms with Crippen LogP contribution in [0.5, 0.6) is 11.6 Å². The van der Waals surface area contributed by atoms with Crippen LogP contribution in [0, 0.1) is 0 Å². The molecule has 0 saturated carbocycles. The molecule has 9 nitrogen and oxygen atoms in total. The van der Waals surface area contributed by atoms with Crippen LogP contribution in [0.15, 0.2) is 48.8 Å². The lowest BCUT2D eigenvalue weighted by molar-refractivity contribution is -0.274. The predicted octanol–water partition coefficient (Wildman–Crippen LogP) is 4.71. The summed E-state index contributed by atoms with van der Waals surface area (Å²) in [5, 5.41) is 2.75. The molecule has 4 rings (SSSR count). The molecule has 184 valence electrons. The van der Waals surface area contributed by atoms with Crippen LogP contribution in [0.2, 0.25) is 0 Å². The molecule has 1 aromatic carbocycles. The lowest BCUT2D eigenvalue weighted by atomic mass is 10.1. The van der Waals surface area contributed by atoms with Gasteiger partial charge in [0.05, 0.1) is 18.5 Å². The van der Waals surface area contributed by atoms with Gasteiger partial charge in [-0.05, 0) is 37.6 Å². The maximum Gasteiger partial charge on any atom is 0.573 e. The number of nitrogens with one attached hydrogen (secondary N) is 1. The minimum Gasteiger partial charge on any atom is -0.481 e. The molecule has 1 atom stereocenters. The lowest BCUT2D eigenvalue weighted by Crippen LogP contribution is -2.42. The van der Waals surface area contributed by atoms with Gasteiger partial charge in [-0.2, -0.15) is 0 Å². The first-order valence-corrected chi connectivity index (χ1v) is 10.7. The molecule has 2 aromatic heterocycles. The Morgan fingerprint density at radius 3 is 2.71 bits per heavy atom. The van der Waals surface area contributed by atoms with Crippen molar-refractivity contribution >= 4 is 23.4 Å². The largest absolute Gasteiger partial charge is 0.573 e. The van der Waals surface area contributed by atoms with E-state index in [1.807, 2.05) is 18.9 Å². The van der Waals surface area contributed by atoms with Gasteiger partial charge in [0.2, 0.25) is 5.88 Å². The van der Waals surface area contributed by atoms with Gasteiger partial charge in [-0.15, -0.1) is 13.2 Å². The van der Waals surface area contributed by atoms with Gasteiger partial charge >= 0.3 is 12.4 Å². The number of hydrogen-bond donors (Lipinski definition) is 1. The highest BCUT2D eigenvalue weighted by Crippen LogP contribution is 2.36. The van der Waals surface area contributed by atoms with E-state index in [1.54, 1.807) is 18.2 Å². The number of ether oxygens (including phenoxy) is 2. The number of hydrogen-bond acceptors (Lipinski definition) is 7. The smallest absolute Gasteiger partial charge is 0.481 e. The molecule has 0 saturated heterocycles. The van der Waals surface area contributed by atoms with Crippen molar-refractivity contribution in [1.29, 1.82) is 0 Å². The number of aromatic nitrogens is 3. The maximum absolute atomic E-state index is 13.4. The number of methoxy groups -OCH3 is 1. The number of anilines is 3. The minimum absolute atomic E-state index is 0.231. The average Bonchev–Trinajstić information content (AvgIpc) is 2.93. The third kappa shape index (κ3) is 5.53. The van der Waals surface area contributed by atoms with Crippen molar-refractivity contribution in [1.82, 2.24) is 15.0 Å². The second-order valence-corrected chi connectivity index (χ2v) is 7.92. The van der Waals surface area contributed by atoms with Crippen LogP contribution >= 0.6 is 0 Å². The van der Waals surface area contributed by atoms with Gasteiger partial charge in [0.15, 0.2) is 5.82 Å². The highest BCUT2D eigenvalue weighted by atomic mass is 19.4. The quantitative estimate of drug-likeness (QED) is 0.569. The summed E-state index contributed by atoms with van der Waals surface area (Å²) in [5.74, 6) is 0.558. The average molecular weight is 488 g/mol. The summed E-state index contributed by atoms with van der Waals surface area (Å²) < 4.78 is 47.2. The molecule has 2 amide bonds. The fourth-order valence-corrected chi connectivity index (χ4v) is 3.75. The summed E-state index contributed by atoms with van der Waals surface area (Å²) in [4.78, 5) is 29.5. The number of carbonyl (C=O) groups is 1. The number of amides is 2. The molecule has 3 aromatic rings. The summed E-state index contributed by atoms with van der Waals surface area (Å²) in [6, 6.07) is 9.83. The van der Waals surface area contributed by atoms with Crippen molar-refractivity contribution in [3.63, 3.8) is 0 Å². The highest BCUT2D eigenvalue weighted by Gasteiger charge is 2.32. The molecule has 0 spiro atoms. The molecule has 1 aliphatic rings.